The third kappa shape index (κ3) is 2.66. The van der Waals surface area contributed by atoms with E-state index < -0.39 is 0 Å². The Labute approximate surface area is 155 Å². The summed E-state index contributed by atoms with van der Waals surface area (Å²) < 4.78 is 0. The number of rotatable bonds is 3. The molecule has 0 heterocycles. The molecule has 0 radical (unpaired) electrons. The van der Waals surface area contributed by atoms with E-state index in [9.17, 15) is 0 Å². The lowest BCUT2D eigenvalue weighted by Crippen LogP contribution is -2.09. The van der Waals surface area contributed by atoms with E-state index in [4.69, 9.17) is 0 Å². The molecule has 0 bridgehead atoms. The van der Waals surface area contributed by atoms with Crippen molar-refractivity contribution in [2.45, 2.75) is 13.8 Å². The van der Waals surface area contributed by atoms with Crippen LogP contribution in [0.5, 0.6) is 0 Å². The minimum atomic E-state index is 1.19. The molecule has 0 amide bonds. The molecule has 0 aliphatic carbocycles. The summed E-state index contributed by atoms with van der Waals surface area (Å²) in [4.78, 5) is 2.24. The second-order valence-electron chi connectivity index (χ2n) is 6.71. The van der Waals surface area contributed by atoms with E-state index >= 15 is 0 Å². The van der Waals surface area contributed by atoms with Crippen molar-refractivity contribution < 1.29 is 0 Å². The van der Waals surface area contributed by atoms with Gasteiger partial charge in [0.05, 0.1) is 0 Å². The first kappa shape index (κ1) is 16.4. The number of para-hydroxylation sites is 1. The molecule has 0 aromatic heterocycles. The van der Waals surface area contributed by atoms with Crippen molar-refractivity contribution in [1.82, 2.24) is 0 Å². The lowest BCUT2D eigenvalue weighted by molar-refractivity contribution is 1.21. The molecule has 1 nitrogen and oxygen atoms in total. The Hall–Kier alpha value is -3.06. The molecule has 1 heteroatoms. The Kier molecular flexibility index (Phi) is 4.22. The smallest absolute Gasteiger partial charge is 0.0414 e. The Morgan fingerprint density at radius 3 is 2.08 bits per heavy atom. The highest BCUT2D eigenvalue weighted by atomic mass is 15.1. The molecule has 4 aromatic carbocycles. The molecule has 4 rings (SSSR count). The fourth-order valence-electron chi connectivity index (χ4n) is 3.77. The zero-order chi connectivity index (χ0) is 18.1. The molecule has 0 aliphatic heterocycles. The fourth-order valence-corrected chi connectivity index (χ4v) is 3.77. The highest BCUT2D eigenvalue weighted by Gasteiger charge is 2.12. The van der Waals surface area contributed by atoms with Crippen LogP contribution in [0.15, 0.2) is 78.9 Å². The third-order valence-corrected chi connectivity index (χ3v) is 5.18. The van der Waals surface area contributed by atoms with Crippen LogP contribution in [0.25, 0.3) is 27.6 Å². The van der Waals surface area contributed by atoms with Gasteiger partial charge in [-0.1, -0.05) is 60.7 Å². The maximum absolute atomic E-state index is 2.32. The van der Waals surface area contributed by atoms with Crippen LogP contribution in [-0.2, 0) is 0 Å². The largest absolute Gasteiger partial charge is 0.345 e. The van der Waals surface area contributed by atoms with Crippen LogP contribution >= 0.6 is 0 Å². The molecule has 26 heavy (non-hydrogen) atoms. The van der Waals surface area contributed by atoms with E-state index in [0.29, 0.717) is 0 Å². The second-order valence-corrected chi connectivity index (χ2v) is 6.71. The number of hydrogen-bond acceptors (Lipinski definition) is 1. The number of fused-ring (bicyclic) bond motifs is 3. The van der Waals surface area contributed by atoms with E-state index in [1.807, 2.05) is 0 Å². The fraction of sp³-hybridized carbons (Fsp3) is 0.120. The molecular formula is C25H23N. The Bertz CT molecular complexity index is 1110. The summed E-state index contributed by atoms with van der Waals surface area (Å²) in [5.74, 6) is 0. The molecule has 0 fully saturated rings. The number of nitrogens with zero attached hydrogens (tertiary/aromatic N) is 1. The molecule has 0 unspecified atom stereocenters. The van der Waals surface area contributed by atoms with E-state index in [0.717, 1.165) is 0 Å². The Morgan fingerprint density at radius 2 is 1.35 bits per heavy atom. The normalized spacial score (nSPS) is 11.5. The van der Waals surface area contributed by atoms with Gasteiger partial charge in [0, 0.05) is 18.4 Å². The first-order valence-electron chi connectivity index (χ1n) is 9.07. The molecule has 0 aliphatic rings. The monoisotopic (exact) mass is 337 g/mol. The molecule has 0 N–H and O–H groups in total. The lowest BCUT2D eigenvalue weighted by atomic mass is 9.91. The van der Waals surface area contributed by atoms with Crippen LogP contribution in [0.3, 0.4) is 0 Å². The summed E-state index contributed by atoms with van der Waals surface area (Å²) in [5, 5.41) is 5.27. The van der Waals surface area contributed by atoms with Crippen LogP contribution in [-0.4, -0.2) is 7.05 Å². The van der Waals surface area contributed by atoms with Crippen LogP contribution in [0.2, 0.25) is 0 Å². The van der Waals surface area contributed by atoms with E-state index in [1.54, 1.807) is 0 Å². The minimum absolute atomic E-state index is 1.19. The van der Waals surface area contributed by atoms with Crippen molar-refractivity contribution in [3.05, 3.63) is 90.0 Å². The van der Waals surface area contributed by atoms with E-state index in [1.165, 1.54) is 44.0 Å². The zero-order valence-electron chi connectivity index (χ0n) is 15.5. The maximum atomic E-state index is 2.32. The third-order valence-electron chi connectivity index (χ3n) is 5.18. The average Bonchev–Trinajstić information content (AvgIpc) is 2.71. The number of hydrogen-bond donors (Lipinski definition) is 0. The van der Waals surface area contributed by atoms with Crippen molar-refractivity contribution in [3.8, 4) is 0 Å². The van der Waals surface area contributed by atoms with Gasteiger partial charge in [-0.2, -0.15) is 0 Å². The standard InChI is InChI=1S/C25H23N/c1-4-10-21-18(2)22-13-8-9-14-23(22)24-16-15-20(17-25(21)24)26(3)19-11-6-5-7-12-19/h4-17H,1-3H3. The zero-order valence-corrected chi connectivity index (χ0v) is 15.5. The van der Waals surface area contributed by atoms with E-state index in [2.05, 4.69) is 111 Å². The van der Waals surface area contributed by atoms with Gasteiger partial charge in [0.15, 0.2) is 0 Å². The maximum Gasteiger partial charge on any atom is 0.0414 e. The highest BCUT2D eigenvalue weighted by molar-refractivity contribution is 6.13. The quantitative estimate of drug-likeness (QED) is 0.360. The number of aryl methyl sites for hydroxylation is 1. The topological polar surface area (TPSA) is 3.24 Å². The van der Waals surface area contributed by atoms with Gasteiger partial charge in [0.1, 0.15) is 0 Å². The van der Waals surface area contributed by atoms with Gasteiger partial charge < -0.3 is 4.90 Å². The van der Waals surface area contributed by atoms with Gasteiger partial charge in [-0.15, -0.1) is 0 Å². The molecule has 4 aromatic rings. The van der Waals surface area contributed by atoms with Crippen LogP contribution in [0.1, 0.15) is 18.1 Å². The van der Waals surface area contributed by atoms with Crippen LogP contribution in [0.4, 0.5) is 11.4 Å². The lowest BCUT2D eigenvalue weighted by Gasteiger charge is -2.21. The van der Waals surface area contributed by atoms with Crippen molar-refractivity contribution in [2.24, 2.45) is 0 Å². The molecule has 0 saturated carbocycles. The Morgan fingerprint density at radius 1 is 0.692 bits per heavy atom. The van der Waals surface area contributed by atoms with Gasteiger partial charge in [0.2, 0.25) is 0 Å². The number of allylic oxidation sites excluding steroid dienone is 1. The number of anilines is 2. The van der Waals surface area contributed by atoms with Crippen molar-refractivity contribution >= 4 is 39.0 Å². The van der Waals surface area contributed by atoms with Gasteiger partial charge in [-0.05, 0) is 70.8 Å². The molecule has 128 valence electrons. The van der Waals surface area contributed by atoms with Crippen LogP contribution < -0.4 is 4.90 Å². The summed E-state index contributed by atoms with van der Waals surface area (Å²) in [6, 6.07) is 26.0. The van der Waals surface area contributed by atoms with Crippen molar-refractivity contribution in [3.63, 3.8) is 0 Å². The average molecular weight is 337 g/mol. The minimum Gasteiger partial charge on any atom is -0.345 e. The summed E-state index contributed by atoms with van der Waals surface area (Å²) in [5.41, 5.74) is 5.04. The summed E-state index contributed by atoms with van der Waals surface area (Å²) >= 11 is 0. The number of benzene rings is 4. The summed E-state index contributed by atoms with van der Waals surface area (Å²) in [6.45, 7) is 4.31. The summed E-state index contributed by atoms with van der Waals surface area (Å²) in [7, 11) is 2.12. The molecule has 0 atom stereocenters. The van der Waals surface area contributed by atoms with Gasteiger partial charge in [-0.25, -0.2) is 0 Å². The predicted octanol–water partition coefficient (Wildman–Crippen LogP) is 7.10. The van der Waals surface area contributed by atoms with Gasteiger partial charge in [0.25, 0.3) is 0 Å². The molecular weight excluding hydrogens is 314 g/mol. The predicted molar refractivity (Wildman–Crippen MR) is 115 cm³/mol. The van der Waals surface area contributed by atoms with Gasteiger partial charge in [-0.3, -0.25) is 0 Å². The first-order chi connectivity index (χ1) is 12.7. The van der Waals surface area contributed by atoms with Crippen LogP contribution in [0, 0.1) is 6.92 Å². The second kappa shape index (κ2) is 6.68. The SMILES string of the molecule is CC=Cc1c(C)c2ccccc2c2ccc(N(C)c3ccccc3)cc12. The van der Waals surface area contributed by atoms with Crippen molar-refractivity contribution in [1.29, 1.82) is 0 Å². The van der Waals surface area contributed by atoms with E-state index in [-0.39, 0.29) is 0 Å². The first-order valence-corrected chi connectivity index (χ1v) is 9.07. The molecule has 0 saturated heterocycles. The molecule has 0 spiro atoms. The van der Waals surface area contributed by atoms with Crippen molar-refractivity contribution in [2.75, 3.05) is 11.9 Å². The summed E-state index contributed by atoms with van der Waals surface area (Å²) in [6.07, 6.45) is 4.36. The Balaban J connectivity index is 2.00. The highest BCUT2D eigenvalue weighted by Crippen LogP contribution is 2.36. The van der Waals surface area contributed by atoms with Gasteiger partial charge >= 0.3 is 0 Å².